The van der Waals surface area contributed by atoms with Crippen LogP contribution < -0.4 is 31.1 Å². The van der Waals surface area contributed by atoms with Gasteiger partial charge in [-0.1, -0.05) is 183 Å². The Labute approximate surface area is 443 Å². The Balaban J connectivity index is 1.09. The number of hydrogen-bond donors (Lipinski definition) is 0. The predicted octanol–water partition coefficient (Wildman–Crippen LogP) is 17.3. The van der Waals surface area contributed by atoms with Crippen LogP contribution in [0.2, 0.25) is 0 Å². The summed E-state index contributed by atoms with van der Waals surface area (Å²) in [6.45, 7) is 19.0. The van der Waals surface area contributed by atoms with Gasteiger partial charge in [-0.3, -0.25) is 0 Å². The molecule has 2 unspecified atom stereocenters. The zero-order chi connectivity index (χ0) is 51.2. The van der Waals surface area contributed by atoms with E-state index in [1.807, 2.05) is 0 Å². The first-order valence-corrected chi connectivity index (χ1v) is 27.3. The highest BCUT2D eigenvalue weighted by molar-refractivity contribution is 7.00. The summed E-state index contributed by atoms with van der Waals surface area (Å²) in [5.74, 6) is 0. The third-order valence-corrected chi connectivity index (χ3v) is 18.1. The number of hydrogen-bond acceptors (Lipinski definition) is 4. The molecule has 10 aromatic rings. The van der Waals surface area contributed by atoms with Crippen molar-refractivity contribution in [2.45, 2.75) is 103 Å². The van der Waals surface area contributed by atoms with Crippen molar-refractivity contribution in [3.63, 3.8) is 0 Å². The summed E-state index contributed by atoms with van der Waals surface area (Å²) in [5.41, 5.74) is 24.4. The second kappa shape index (κ2) is 16.4. The summed E-state index contributed by atoms with van der Waals surface area (Å²) in [6, 6.07) is 73.6. The normalized spacial score (nSPS) is 18.5. The quantitative estimate of drug-likeness (QED) is 0.155. The van der Waals surface area contributed by atoms with E-state index in [2.05, 4.69) is 264 Å². The smallest absolute Gasteiger partial charge is 0.252 e. The largest absolute Gasteiger partial charge is 0.456 e. The molecule has 0 spiro atoms. The number of fused-ring (bicyclic) bond motifs is 10. The fourth-order valence-corrected chi connectivity index (χ4v) is 13.9. The molecule has 1 saturated carbocycles. The molecular weight excluding hydrogens is 910 g/mol. The molecule has 0 amide bonds. The standard InChI is InChI=1S/C70H64BN3O/c1-67(2,3)48-28-31-50(32-29-48)72(51-34-37-64-55(43-51)53-24-15-16-27-63(53)75-64)52-33-35-57-60(44-52)73(59-36-30-49(68(4,5)6)42-54(59)46-22-13-10-14-23-46)61-40-47(45-20-11-9-12-21-45)41-62-65(61)71(57)58-26-19-25-56-66(58)74(62)70(8)39-18-17-38-69(56,70)7/h9-16,19-37,40-44H,17-18,38-39H2,1-8H3. The maximum absolute atomic E-state index is 6.44. The second-order valence-electron chi connectivity index (χ2n) is 24.5. The molecule has 5 heteroatoms. The molecule has 1 fully saturated rings. The maximum atomic E-state index is 6.44. The predicted molar refractivity (Wildman–Crippen MR) is 319 cm³/mol. The lowest BCUT2D eigenvalue weighted by atomic mass is 9.33. The van der Waals surface area contributed by atoms with Gasteiger partial charge in [0.25, 0.3) is 6.71 Å². The molecule has 4 heterocycles. The molecule has 9 aromatic carbocycles. The van der Waals surface area contributed by atoms with Crippen LogP contribution in [0.25, 0.3) is 44.2 Å². The van der Waals surface area contributed by atoms with Crippen LogP contribution in [-0.4, -0.2) is 12.3 Å². The Morgan fingerprint density at radius 2 is 1.12 bits per heavy atom. The van der Waals surface area contributed by atoms with Crippen LogP contribution in [0.1, 0.15) is 97.8 Å². The Hall–Kier alpha value is -7.76. The minimum absolute atomic E-state index is 0.000181. The van der Waals surface area contributed by atoms with E-state index in [0.717, 1.165) is 45.4 Å². The number of benzene rings is 9. The minimum atomic E-state index is -0.0965. The van der Waals surface area contributed by atoms with Gasteiger partial charge in [0.05, 0.1) is 11.2 Å². The zero-order valence-electron chi connectivity index (χ0n) is 44.6. The van der Waals surface area contributed by atoms with Gasteiger partial charge in [-0.2, -0.15) is 0 Å². The molecule has 14 rings (SSSR count). The molecule has 4 nitrogen and oxygen atoms in total. The number of furan rings is 1. The van der Waals surface area contributed by atoms with Crippen molar-refractivity contribution >= 4 is 90.5 Å². The summed E-state index contributed by atoms with van der Waals surface area (Å²) in [5, 5.41) is 2.22. The fourth-order valence-electron chi connectivity index (χ4n) is 13.9. The highest BCUT2D eigenvalue weighted by Gasteiger charge is 2.61. The van der Waals surface area contributed by atoms with Crippen molar-refractivity contribution < 1.29 is 4.42 Å². The Morgan fingerprint density at radius 1 is 0.480 bits per heavy atom. The van der Waals surface area contributed by atoms with E-state index >= 15 is 0 Å². The Bertz CT molecular complexity index is 3920. The van der Waals surface area contributed by atoms with Crippen LogP contribution in [0.15, 0.2) is 199 Å². The molecule has 1 aliphatic carbocycles. The molecule has 0 radical (unpaired) electrons. The number of anilines is 8. The molecular formula is C70H64BN3O. The van der Waals surface area contributed by atoms with E-state index in [-0.39, 0.29) is 28.5 Å². The molecule has 0 bridgehead atoms. The maximum Gasteiger partial charge on any atom is 0.252 e. The summed E-state index contributed by atoms with van der Waals surface area (Å²) < 4.78 is 6.44. The molecule has 75 heavy (non-hydrogen) atoms. The van der Waals surface area contributed by atoms with Gasteiger partial charge >= 0.3 is 0 Å². The monoisotopic (exact) mass is 974 g/mol. The first kappa shape index (κ1) is 45.8. The van der Waals surface area contributed by atoms with Gasteiger partial charge in [0, 0.05) is 61.6 Å². The van der Waals surface area contributed by atoms with Crippen LogP contribution in [0.4, 0.5) is 45.5 Å². The van der Waals surface area contributed by atoms with Crippen LogP contribution >= 0.6 is 0 Å². The van der Waals surface area contributed by atoms with Gasteiger partial charge in [0.15, 0.2) is 0 Å². The third kappa shape index (κ3) is 6.82. The first-order valence-electron chi connectivity index (χ1n) is 27.3. The van der Waals surface area contributed by atoms with Crippen LogP contribution in [-0.2, 0) is 16.2 Å². The van der Waals surface area contributed by atoms with Crippen molar-refractivity contribution in [3.8, 4) is 22.3 Å². The van der Waals surface area contributed by atoms with Crippen molar-refractivity contribution in [3.05, 3.63) is 211 Å². The van der Waals surface area contributed by atoms with Crippen LogP contribution in [0.3, 0.4) is 0 Å². The molecule has 368 valence electrons. The van der Waals surface area contributed by atoms with Crippen molar-refractivity contribution in [1.82, 2.24) is 0 Å². The average Bonchev–Trinajstić information content (AvgIpc) is 3.92. The number of rotatable bonds is 6. The van der Waals surface area contributed by atoms with E-state index in [1.165, 1.54) is 103 Å². The molecule has 0 saturated heterocycles. The molecule has 4 aliphatic rings. The van der Waals surface area contributed by atoms with Gasteiger partial charge in [-0.05, 0) is 153 Å². The summed E-state index contributed by atoms with van der Waals surface area (Å²) in [6.07, 6.45) is 4.81. The highest BCUT2D eigenvalue weighted by Crippen LogP contribution is 2.62. The highest BCUT2D eigenvalue weighted by atomic mass is 16.3. The van der Waals surface area contributed by atoms with E-state index < -0.39 is 0 Å². The topological polar surface area (TPSA) is 22.9 Å². The van der Waals surface area contributed by atoms with E-state index in [0.29, 0.717) is 0 Å². The second-order valence-corrected chi connectivity index (χ2v) is 24.5. The first-order chi connectivity index (χ1) is 36.2. The molecule has 0 N–H and O–H groups in total. The van der Waals surface area contributed by atoms with Gasteiger partial charge in [-0.15, -0.1) is 0 Å². The minimum Gasteiger partial charge on any atom is -0.456 e. The van der Waals surface area contributed by atoms with Gasteiger partial charge < -0.3 is 19.1 Å². The zero-order valence-corrected chi connectivity index (χ0v) is 44.6. The fraction of sp³-hybridized carbons (Fsp3) is 0.229. The van der Waals surface area contributed by atoms with Crippen molar-refractivity contribution in [2.75, 3.05) is 14.7 Å². The van der Waals surface area contributed by atoms with Crippen molar-refractivity contribution in [1.29, 1.82) is 0 Å². The molecule has 3 aliphatic heterocycles. The Morgan fingerprint density at radius 3 is 1.88 bits per heavy atom. The lowest BCUT2D eigenvalue weighted by Gasteiger charge is -2.53. The lowest BCUT2D eigenvalue weighted by molar-refractivity contribution is 0.195. The van der Waals surface area contributed by atoms with Crippen molar-refractivity contribution in [2.24, 2.45) is 0 Å². The van der Waals surface area contributed by atoms with E-state index in [9.17, 15) is 0 Å². The molecule has 2 atom stereocenters. The van der Waals surface area contributed by atoms with Crippen LogP contribution in [0.5, 0.6) is 0 Å². The summed E-state index contributed by atoms with van der Waals surface area (Å²) in [4.78, 5) is 7.98. The number of para-hydroxylation sites is 2. The average molecular weight is 974 g/mol. The van der Waals surface area contributed by atoms with Gasteiger partial charge in [0.2, 0.25) is 0 Å². The number of nitrogens with zero attached hydrogens (tertiary/aromatic N) is 3. The van der Waals surface area contributed by atoms with E-state index in [1.54, 1.807) is 0 Å². The Kier molecular flexibility index (Phi) is 10.0. The summed E-state index contributed by atoms with van der Waals surface area (Å²) in [7, 11) is 0. The lowest BCUT2D eigenvalue weighted by Crippen LogP contribution is -2.64. The van der Waals surface area contributed by atoms with Gasteiger partial charge in [-0.25, -0.2) is 0 Å². The summed E-state index contributed by atoms with van der Waals surface area (Å²) >= 11 is 0. The SMILES string of the molecule is CC(C)(C)c1ccc(N(c2ccc3c(c2)N(c2ccc(C(C)(C)C)cc2-c2ccccc2)c2cc(-c4ccccc4)cc4c2B3c2cccc3c2N4C2(C)CCCCC32C)c2ccc3oc4ccccc4c3c2)cc1. The van der Waals surface area contributed by atoms with E-state index in [4.69, 9.17) is 4.42 Å². The van der Waals surface area contributed by atoms with Crippen LogP contribution in [0, 0.1) is 0 Å². The molecule has 1 aromatic heterocycles. The van der Waals surface area contributed by atoms with Gasteiger partial charge in [0.1, 0.15) is 11.2 Å². The third-order valence-electron chi connectivity index (χ3n) is 18.1.